The highest BCUT2D eigenvalue weighted by molar-refractivity contribution is 7.20. The van der Waals surface area contributed by atoms with E-state index >= 15 is 0 Å². The molecule has 26 heavy (non-hydrogen) atoms. The molecule has 6 heteroatoms. The first-order valence-electron chi connectivity index (χ1n) is 8.00. The maximum atomic E-state index is 10.9. The molecule has 0 aliphatic rings. The largest absolute Gasteiger partial charge is 0.497 e. The van der Waals surface area contributed by atoms with E-state index in [9.17, 15) is 4.79 Å². The predicted molar refractivity (Wildman–Crippen MR) is 108 cm³/mol. The predicted octanol–water partition coefficient (Wildman–Crippen LogP) is 4.21. The van der Waals surface area contributed by atoms with Gasteiger partial charge in [0.15, 0.2) is 6.29 Å². The summed E-state index contributed by atoms with van der Waals surface area (Å²) in [6.07, 6.45) is 6.70. The van der Waals surface area contributed by atoms with E-state index in [4.69, 9.17) is 15.3 Å². The molecule has 1 heterocycles. The third kappa shape index (κ3) is 5.32. The number of thiophene rings is 1. The van der Waals surface area contributed by atoms with Crippen LogP contribution in [0.1, 0.15) is 22.2 Å². The summed E-state index contributed by atoms with van der Waals surface area (Å²) >= 11 is 1.46. The second kappa shape index (κ2) is 9.58. The van der Waals surface area contributed by atoms with Gasteiger partial charge in [0.25, 0.3) is 0 Å². The van der Waals surface area contributed by atoms with Crippen molar-refractivity contribution in [3.8, 4) is 0 Å². The number of methoxy groups -OCH3 is 1. The van der Waals surface area contributed by atoms with Gasteiger partial charge in [-0.3, -0.25) is 4.79 Å². The van der Waals surface area contributed by atoms with Crippen molar-refractivity contribution < 1.29 is 14.3 Å². The fraction of sp³-hybridized carbons (Fsp3) is 0.200. The Bertz CT molecular complexity index is 878. The molecule has 0 fully saturated rings. The van der Waals surface area contributed by atoms with E-state index in [1.807, 2.05) is 43.3 Å². The van der Waals surface area contributed by atoms with Crippen LogP contribution in [0.15, 0.2) is 65.5 Å². The number of rotatable bonds is 8. The molecule has 2 N–H and O–H groups in total. The highest BCUT2D eigenvalue weighted by Gasteiger charge is 2.07. The highest BCUT2D eigenvalue weighted by Crippen LogP contribution is 2.25. The van der Waals surface area contributed by atoms with Crippen molar-refractivity contribution in [2.24, 2.45) is 10.9 Å². The van der Waals surface area contributed by atoms with Crippen LogP contribution in [0.3, 0.4) is 0 Å². The third-order valence-electron chi connectivity index (χ3n) is 3.65. The van der Waals surface area contributed by atoms with Crippen molar-refractivity contribution in [1.82, 2.24) is 0 Å². The molecular weight excluding hydrogens is 348 g/mol. The number of benzene rings is 1. The van der Waals surface area contributed by atoms with Gasteiger partial charge < -0.3 is 15.3 Å². The fourth-order valence-corrected chi connectivity index (χ4v) is 3.20. The average Bonchev–Trinajstić information content (AvgIpc) is 3.08. The Morgan fingerprint density at radius 3 is 2.81 bits per heavy atom. The Labute approximate surface area is 157 Å². The third-order valence-corrected chi connectivity index (χ3v) is 4.68. The zero-order valence-electron chi connectivity index (χ0n) is 14.9. The number of carbonyl (C=O) groups is 1. The van der Waals surface area contributed by atoms with Gasteiger partial charge in [-0.15, -0.1) is 16.4 Å². The number of carbonyl (C=O) groups excluding carboxylic acids is 1. The molecule has 0 unspecified atom stereocenters. The van der Waals surface area contributed by atoms with Gasteiger partial charge in [-0.05, 0) is 47.7 Å². The van der Waals surface area contributed by atoms with Crippen LogP contribution < -0.4 is 5.84 Å². The molecule has 0 aliphatic carbocycles. The first-order valence-corrected chi connectivity index (χ1v) is 8.82. The van der Waals surface area contributed by atoms with Crippen LogP contribution in [0.25, 0.3) is 10.1 Å². The lowest BCUT2D eigenvalue weighted by atomic mass is 10.1. The second-order valence-corrected chi connectivity index (χ2v) is 6.73. The van der Waals surface area contributed by atoms with Crippen LogP contribution in [-0.2, 0) is 15.9 Å². The van der Waals surface area contributed by atoms with Gasteiger partial charge in [-0.1, -0.05) is 24.8 Å². The lowest BCUT2D eigenvalue weighted by Crippen LogP contribution is -2.12. The first kappa shape index (κ1) is 19.5. The number of hydrogen-bond acceptors (Lipinski definition) is 6. The van der Waals surface area contributed by atoms with E-state index in [1.54, 1.807) is 13.2 Å². The SMILES string of the molecule is C=C/C(=C\C=C(/C)CO/C(Cc1ccc2cc(C=O)sc2c1)=N\N)OC. The number of hydrazone groups is 1. The van der Waals surface area contributed by atoms with Crippen LogP contribution in [0.5, 0.6) is 0 Å². The molecule has 0 amide bonds. The lowest BCUT2D eigenvalue weighted by Gasteiger charge is -2.09. The van der Waals surface area contributed by atoms with Crippen LogP contribution in [0, 0.1) is 0 Å². The number of nitrogens with zero attached hydrogens (tertiary/aromatic N) is 1. The van der Waals surface area contributed by atoms with Gasteiger partial charge in [-0.2, -0.15) is 0 Å². The summed E-state index contributed by atoms with van der Waals surface area (Å²) in [5.74, 6) is 6.59. The maximum absolute atomic E-state index is 10.9. The molecule has 1 aromatic carbocycles. The zero-order chi connectivity index (χ0) is 18.9. The highest BCUT2D eigenvalue weighted by atomic mass is 32.1. The summed E-state index contributed by atoms with van der Waals surface area (Å²) in [4.78, 5) is 11.6. The molecule has 0 bridgehead atoms. The van der Waals surface area contributed by atoms with E-state index in [1.165, 1.54) is 11.3 Å². The van der Waals surface area contributed by atoms with Gasteiger partial charge in [0.1, 0.15) is 12.4 Å². The Kier molecular flexibility index (Phi) is 7.17. The zero-order valence-corrected chi connectivity index (χ0v) is 15.7. The van der Waals surface area contributed by atoms with E-state index in [-0.39, 0.29) is 0 Å². The van der Waals surface area contributed by atoms with Crippen LogP contribution >= 0.6 is 11.3 Å². The molecule has 0 saturated carbocycles. The summed E-state index contributed by atoms with van der Waals surface area (Å²) in [5.41, 5.74) is 2.02. The summed E-state index contributed by atoms with van der Waals surface area (Å²) in [6, 6.07) is 7.88. The molecule has 1 aromatic heterocycles. The number of ether oxygens (including phenoxy) is 2. The average molecular weight is 370 g/mol. The summed E-state index contributed by atoms with van der Waals surface area (Å²) in [5, 5.41) is 4.79. The van der Waals surface area contributed by atoms with Crippen molar-refractivity contribution in [2.75, 3.05) is 13.7 Å². The van der Waals surface area contributed by atoms with Crippen molar-refractivity contribution in [2.45, 2.75) is 13.3 Å². The minimum absolute atomic E-state index is 0.372. The van der Waals surface area contributed by atoms with Gasteiger partial charge in [-0.25, -0.2) is 0 Å². The molecule has 5 nitrogen and oxygen atoms in total. The van der Waals surface area contributed by atoms with Crippen molar-refractivity contribution in [3.63, 3.8) is 0 Å². The Morgan fingerprint density at radius 1 is 1.35 bits per heavy atom. The van der Waals surface area contributed by atoms with E-state index in [2.05, 4.69) is 11.7 Å². The topological polar surface area (TPSA) is 73.9 Å². The van der Waals surface area contributed by atoms with Gasteiger partial charge in [0.2, 0.25) is 5.90 Å². The molecule has 0 radical (unpaired) electrons. The molecule has 0 atom stereocenters. The number of hydrogen-bond donors (Lipinski definition) is 1. The molecule has 0 aliphatic heterocycles. The van der Waals surface area contributed by atoms with E-state index < -0.39 is 0 Å². The normalized spacial score (nSPS) is 12.9. The molecule has 2 rings (SSSR count). The quantitative estimate of drug-likeness (QED) is 0.144. The van der Waals surface area contributed by atoms with Crippen molar-refractivity contribution >= 4 is 33.6 Å². The summed E-state index contributed by atoms with van der Waals surface area (Å²) in [6.45, 7) is 5.98. The minimum atomic E-state index is 0.372. The monoisotopic (exact) mass is 370 g/mol. The van der Waals surface area contributed by atoms with Crippen LogP contribution in [0.4, 0.5) is 0 Å². The summed E-state index contributed by atoms with van der Waals surface area (Å²) in [7, 11) is 1.59. The molecular formula is C20H22N2O3S. The van der Waals surface area contributed by atoms with Crippen molar-refractivity contribution in [3.05, 3.63) is 70.8 Å². The van der Waals surface area contributed by atoms with Gasteiger partial charge in [0, 0.05) is 4.70 Å². The van der Waals surface area contributed by atoms with Crippen LogP contribution in [0.2, 0.25) is 0 Å². The molecule has 0 saturated heterocycles. The minimum Gasteiger partial charge on any atom is -0.497 e. The Morgan fingerprint density at radius 2 is 2.15 bits per heavy atom. The smallest absolute Gasteiger partial charge is 0.210 e. The standard InChI is InChI=1S/C20H22N2O3S/c1-4-17(24-3)8-5-14(2)13-25-20(22-21)10-15-6-7-16-11-18(12-23)26-19(16)9-15/h4-9,11-12H,1,10,13,21H2,2-3H3/b14-5+,17-8+,22-20-. The number of fused-ring (bicyclic) bond motifs is 1. The summed E-state index contributed by atoms with van der Waals surface area (Å²) < 4.78 is 11.9. The van der Waals surface area contributed by atoms with Crippen molar-refractivity contribution in [1.29, 1.82) is 0 Å². The van der Waals surface area contributed by atoms with Gasteiger partial charge in [0.05, 0.1) is 18.4 Å². The Balaban J connectivity index is 2.01. The van der Waals surface area contributed by atoms with E-state index in [0.29, 0.717) is 29.6 Å². The van der Waals surface area contributed by atoms with Gasteiger partial charge >= 0.3 is 0 Å². The Hall–Kier alpha value is -2.86. The lowest BCUT2D eigenvalue weighted by molar-refractivity contribution is 0.112. The van der Waals surface area contributed by atoms with E-state index in [0.717, 1.165) is 27.5 Å². The maximum Gasteiger partial charge on any atom is 0.210 e. The number of nitrogens with two attached hydrogens (primary N) is 1. The molecule has 2 aromatic rings. The fourth-order valence-electron chi connectivity index (χ4n) is 2.26. The molecule has 136 valence electrons. The first-order chi connectivity index (χ1) is 12.6. The number of aldehydes is 1. The molecule has 0 spiro atoms. The second-order valence-electron chi connectivity index (χ2n) is 5.62. The number of allylic oxidation sites excluding steroid dienone is 3. The van der Waals surface area contributed by atoms with Crippen LogP contribution in [-0.4, -0.2) is 25.9 Å².